The first-order valence-corrected chi connectivity index (χ1v) is 7.17. The Morgan fingerprint density at radius 2 is 2.15 bits per heavy atom. The van der Waals surface area contributed by atoms with Crippen LogP contribution in [-0.2, 0) is 0 Å². The average Bonchev–Trinajstić information content (AvgIpc) is 2.43. The maximum atomic E-state index is 12.0. The van der Waals surface area contributed by atoms with Gasteiger partial charge in [0.1, 0.15) is 0 Å². The number of hydrogen-bond acceptors (Lipinski definition) is 4. The van der Waals surface area contributed by atoms with Crippen LogP contribution in [0.25, 0.3) is 0 Å². The molecular formula is C15H26N4O. The standard InChI is InChI=1S/C15H26N4O/c1-5-12(2)18-15(20)13-9-14(11-16-10-13)17-7-6-8-19(3)4/h9-12,17H,5-8H2,1-4H3,(H,18,20). The van der Waals surface area contributed by atoms with Crippen molar-refractivity contribution >= 4 is 11.6 Å². The highest BCUT2D eigenvalue weighted by atomic mass is 16.1. The predicted molar refractivity (Wildman–Crippen MR) is 83.1 cm³/mol. The first-order chi connectivity index (χ1) is 9.52. The fourth-order valence-electron chi connectivity index (χ4n) is 1.70. The number of aromatic nitrogens is 1. The summed E-state index contributed by atoms with van der Waals surface area (Å²) in [6.45, 7) is 5.95. The molecule has 0 fully saturated rings. The number of carbonyl (C=O) groups excluding carboxylic acids is 1. The zero-order valence-electron chi connectivity index (χ0n) is 12.9. The number of nitrogens with zero attached hydrogens (tertiary/aromatic N) is 2. The molecule has 0 spiro atoms. The van der Waals surface area contributed by atoms with Crippen LogP contribution in [0, 0.1) is 0 Å². The van der Waals surface area contributed by atoms with Gasteiger partial charge in [-0.05, 0) is 46.5 Å². The third-order valence-corrected chi connectivity index (χ3v) is 3.10. The minimum atomic E-state index is -0.0659. The molecule has 0 bridgehead atoms. The second-order valence-corrected chi connectivity index (χ2v) is 5.33. The van der Waals surface area contributed by atoms with Crippen LogP contribution in [0.15, 0.2) is 18.5 Å². The van der Waals surface area contributed by atoms with Crippen LogP contribution >= 0.6 is 0 Å². The molecule has 1 aromatic rings. The Bertz CT molecular complexity index is 420. The molecule has 5 nitrogen and oxygen atoms in total. The predicted octanol–water partition coefficient (Wildman–Crippen LogP) is 1.97. The van der Waals surface area contributed by atoms with Gasteiger partial charge in [-0.15, -0.1) is 0 Å². The lowest BCUT2D eigenvalue weighted by Gasteiger charge is -2.13. The number of nitrogens with one attached hydrogen (secondary N) is 2. The largest absolute Gasteiger partial charge is 0.384 e. The van der Waals surface area contributed by atoms with Crippen molar-refractivity contribution in [2.45, 2.75) is 32.7 Å². The number of hydrogen-bond donors (Lipinski definition) is 2. The van der Waals surface area contributed by atoms with E-state index in [1.807, 2.05) is 19.9 Å². The summed E-state index contributed by atoms with van der Waals surface area (Å²) >= 11 is 0. The van der Waals surface area contributed by atoms with Crippen LogP contribution in [-0.4, -0.2) is 49.0 Å². The zero-order chi connectivity index (χ0) is 15.0. The molecule has 0 saturated heterocycles. The minimum absolute atomic E-state index is 0.0659. The first kappa shape index (κ1) is 16.4. The molecule has 2 N–H and O–H groups in total. The number of amides is 1. The van der Waals surface area contributed by atoms with Crippen LogP contribution < -0.4 is 10.6 Å². The monoisotopic (exact) mass is 278 g/mol. The summed E-state index contributed by atoms with van der Waals surface area (Å²) in [5.41, 5.74) is 1.49. The molecule has 0 aromatic carbocycles. The van der Waals surface area contributed by atoms with Gasteiger partial charge in [-0.1, -0.05) is 6.92 Å². The van der Waals surface area contributed by atoms with Crippen LogP contribution in [0.3, 0.4) is 0 Å². The first-order valence-electron chi connectivity index (χ1n) is 7.17. The topological polar surface area (TPSA) is 57.3 Å². The molecule has 5 heteroatoms. The van der Waals surface area contributed by atoms with E-state index < -0.39 is 0 Å². The number of anilines is 1. The van der Waals surface area contributed by atoms with Gasteiger partial charge in [-0.25, -0.2) is 0 Å². The Morgan fingerprint density at radius 3 is 2.80 bits per heavy atom. The Hall–Kier alpha value is -1.62. The van der Waals surface area contributed by atoms with Crippen LogP contribution in [0.5, 0.6) is 0 Å². The van der Waals surface area contributed by atoms with E-state index in [2.05, 4.69) is 34.6 Å². The van der Waals surface area contributed by atoms with Gasteiger partial charge in [-0.3, -0.25) is 9.78 Å². The second kappa shape index (κ2) is 8.53. The van der Waals surface area contributed by atoms with Gasteiger partial charge >= 0.3 is 0 Å². The highest BCUT2D eigenvalue weighted by Crippen LogP contribution is 2.09. The molecule has 1 atom stereocenters. The molecule has 1 heterocycles. The van der Waals surface area contributed by atoms with E-state index in [4.69, 9.17) is 0 Å². The van der Waals surface area contributed by atoms with Gasteiger partial charge in [0.05, 0.1) is 11.3 Å². The smallest absolute Gasteiger partial charge is 0.253 e. The van der Waals surface area contributed by atoms with Gasteiger partial charge < -0.3 is 15.5 Å². The van der Waals surface area contributed by atoms with Crippen LogP contribution in [0.2, 0.25) is 0 Å². The van der Waals surface area contributed by atoms with Crippen molar-refractivity contribution in [3.05, 3.63) is 24.0 Å². The van der Waals surface area contributed by atoms with Gasteiger partial charge in [-0.2, -0.15) is 0 Å². The third kappa shape index (κ3) is 6.02. The second-order valence-electron chi connectivity index (χ2n) is 5.33. The Balaban J connectivity index is 2.50. The molecule has 1 aromatic heterocycles. The summed E-state index contributed by atoms with van der Waals surface area (Å²) in [6, 6.07) is 2.03. The van der Waals surface area contributed by atoms with Crippen LogP contribution in [0.1, 0.15) is 37.0 Å². The minimum Gasteiger partial charge on any atom is -0.384 e. The SMILES string of the molecule is CCC(C)NC(=O)c1cncc(NCCCN(C)C)c1. The number of carbonyl (C=O) groups is 1. The molecule has 0 aliphatic heterocycles. The van der Waals surface area contributed by atoms with E-state index in [1.165, 1.54) is 0 Å². The summed E-state index contributed by atoms with van der Waals surface area (Å²) in [5, 5.41) is 6.24. The van der Waals surface area contributed by atoms with Gasteiger partial charge in [0.15, 0.2) is 0 Å². The van der Waals surface area contributed by atoms with Crippen molar-refractivity contribution < 1.29 is 4.79 Å². The van der Waals surface area contributed by atoms with Crippen molar-refractivity contribution in [1.29, 1.82) is 0 Å². The molecule has 20 heavy (non-hydrogen) atoms. The molecule has 1 rings (SSSR count). The number of pyridine rings is 1. The van der Waals surface area contributed by atoms with Crippen molar-refractivity contribution in [2.24, 2.45) is 0 Å². The van der Waals surface area contributed by atoms with Crippen LogP contribution in [0.4, 0.5) is 5.69 Å². The molecular weight excluding hydrogens is 252 g/mol. The summed E-state index contributed by atoms with van der Waals surface area (Å²) < 4.78 is 0. The van der Waals surface area contributed by atoms with E-state index in [0.717, 1.165) is 31.6 Å². The van der Waals surface area contributed by atoms with Crippen molar-refractivity contribution in [3.8, 4) is 0 Å². The van der Waals surface area contributed by atoms with Gasteiger partial charge in [0, 0.05) is 25.0 Å². The van der Waals surface area contributed by atoms with Gasteiger partial charge in [0.2, 0.25) is 0 Å². The third-order valence-electron chi connectivity index (χ3n) is 3.10. The zero-order valence-corrected chi connectivity index (χ0v) is 12.9. The molecule has 0 aliphatic rings. The lowest BCUT2D eigenvalue weighted by Crippen LogP contribution is -2.32. The summed E-state index contributed by atoms with van der Waals surface area (Å²) in [5.74, 6) is -0.0659. The summed E-state index contributed by atoms with van der Waals surface area (Å²) in [7, 11) is 4.11. The van der Waals surface area contributed by atoms with Crippen molar-refractivity contribution in [2.75, 3.05) is 32.5 Å². The Kier molecular flexibility index (Phi) is 7.01. The molecule has 0 radical (unpaired) electrons. The van der Waals surface area contributed by atoms with E-state index in [-0.39, 0.29) is 11.9 Å². The van der Waals surface area contributed by atoms with E-state index >= 15 is 0 Å². The van der Waals surface area contributed by atoms with Crippen molar-refractivity contribution in [3.63, 3.8) is 0 Å². The average molecular weight is 278 g/mol. The quantitative estimate of drug-likeness (QED) is 0.714. The molecule has 0 saturated carbocycles. The fraction of sp³-hybridized carbons (Fsp3) is 0.600. The molecule has 1 unspecified atom stereocenters. The molecule has 1 amide bonds. The lowest BCUT2D eigenvalue weighted by molar-refractivity contribution is 0.0939. The highest BCUT2D eigenvalue weighted by molar-refractivity contribution is 5.94. The summed E-state index contributed by atoms with van der Waals surface area (Å²) in [6.07, 6.45) is 5.32. The molecule has 0 aliphatic carbocycles. The Morgan fingerprint density at radius 1 is 1.40 bits per heavy atom. The maximum absolute atomic E-state index is 12.0. The fourth-order valence-corrected chi connectivity index (χ4v) is 1.70. The summed E-state index contributed by atoms with van der Waals surface area (Å²) in [4.78, 5) is 18.3. The molecule has 112 valence electrons. The van der Waals surface area contributed by atoms with E-state index in [1.54, 1.807) is 12.4 Å². The van der Waals surface area contributed by atoms with E-state index in [9.17, 15) is 4.79 Å². The Labute approximate surface area is 121 Å². The highest BCUT2D eigenvalue weighted by Gasteiger charge is 2.09. The normalized spacial score (nSPS) is 12.2. The van der Waals surface area contributed by atoms with E-state index in [0.29, 0.717) is 5.56 Å². The van der Waals surface area contributed by atoms with Gasteiger partial charge in [0.25, 0.3) is 5.91 Å². The maximum Gasteiger partial charge on any atom is 0.253 e. The lowest BCUT2D eigenvalue weighted by atomic mass is 10.2. The number of rotatable bonds is 8. The van der Waals surface area contributed by atoms with Crippen molar-refractivity contribution in [1.82, 2.24) is 15.2 Å².